The summed E-state index contributed by atoms with van der Waals surface area (Å²) in [5, 5.41) is 21.0. The van der Waals surface area contributed by atoms with E-state index in [2.05, 4.69) is 38.3 Å². The van der Waals surface area contributed by atoms with Crippen LogP contribution in [0.15, 0.2) is 60.7 Å². The molecule has 9 nitrogen and oxygen atoms in total. The summed E-state index contributed by atoms with van der Waals surface area (Å²) in [5.74, 6) is 0.475. The number of ether oxygens (including phenoxy) is 3. The van der Waals surface area contributed by atoms with Gasteiger partial charge in [0.2, 0.25) is 0 Å². The number of carbonyl (C=O) groups is 1. The number of carbonyl (C=O) groups excluding carboxylic acids is 1. The number of aromatic amines is 2. The first-order valence-electron chi connectivity index (χ1n) is 15.1. The van der Waals surface area contributed by atoms with Crippen LogP contribution in [0.5, 0.6) is 5.75 Å². The Morgan fingerprint density at radius 2 is 1.81 bits per heavy atom. The van der Waals surface area contributed by atoms with Crippen LogP contribution < -0.4 is 4.74 Å². The molecule has 1 aliphatic heterocycles. The van der Waals surface area contributed by atoms with E-state index < -0.39 is 0 Å². The minimum absolute atomic E-state index is 0.167. The molecule has 3 N–H and O–H groups in total. The van der Waals surface area contributed by atoms with Crippen molar-refractivity contribution in [1.82, 2.24) is 20.1 Å². The molecule has 0 aliphatic carbocycles. The summed E-state index contributed by atoms with van der Waals surface area (Å²) in [5.41, 5.74) is 5.51. The van der Waals surface area contributed by atoms with Crippen LogP contribution in [0.4, 0.5) is 0 Å². The molecule has 224 valence electrons. The normalized spacial score (nSPS) is 14.0. The summed E-state index contributed by atoms with van der Waals surface area (Å²) in [4.78, 5) is 18.9. The molecule has 0 unspecified atom stereocenters. The second kappa shape index (κ2) is 13.4. The van der Waals surface area contributed by atoms with Crippen LogP contribution >= 0.6 is 0 Å². The van der Waals surface area contributed by atoms with Gasteiger partial charge in [0.15, 0.2) is 0 Å². The van der Waals surface area contributed by atoms with Gasteiger partial charge in [-0.15, -0.1) is 0 Å². The van der Waals surface area contributed by atoms with Crippen molar-refractivity contribution in [2.75, 3.05) is 46.1 Å². The summed E-state index contributed by atoms with van der Waals surface area (Å²) in [6.45, 7) is 6.56. The molecular formula is C34H38N4O5. The number of para-hydroxylation sites is 1. The number of fused-ring (bicyclic) bond motifs is 2. The van der Waals surface area contributed by atoms with E-state index in [1.807, 2.05) is 49.4 Å². The highest BCUT2D eigenvalue weighted by atomic mass is 16.5. The molecule has 6 rings (SSSR count). The molecule has 0 radical (unpaired) electrons. The molecule has 9 heteroatoms. The number of aryl methyl sites for hydroxylation is 1. The first-order valence-corrected chi connectivity index (χ1v) is 15.1. The highest BCUT2D eigenvalue weighted by Crippen LogP contribution is 2.36. The second-order valence-electron chi connectivity index (χ2n) is 10.7. The van der Waals surface area contributed by atoms with E-state index in [-0.39, 0.29) is 19.2 Å². The Morgan fingerprint density at radius 1 is 1.02 bits per heavy atom. The summed E-state index contributed by atoms with van der Waals surface area (Å²) < 4.78 is 17.1. The summed E-state index contributed by atoms with van der Waals surface area (Å²) >= 11 is 0. The second-order valence-corrected chi connectivity index (χ2v) is 10.7. The monoisotopic (exact) mass is 582 g/mol. The van der Waals surface area contributed by atoms with Crippen LogP contribution in [0, 0.1) is 0 Å². The quantitative estimate of drug-likeness (QED) is 0.136. The molecular weight excluding hydrogens is 544 g/mol. The van der Waals surface area contributed by atoms with Gasteiger partial charge in [-0.1, -0.05) is 54.6 Å². The van der Waals surface area contributed by atoms with Crippen molar-refractivity contribution in [3.63, 3.8) is 0 Å². The maximum absolute atomic E-state index is 13.1. The van der Waals surface area contributed by atoms with Crippen molar-refractivity contribution in [3.8, 4) is 16.9 Å². The number of nitrogens with zero attached hydrogens (tertiary/aromatic N) is 2. The zero-order valence-electron chi connectivity index (χ0n) is 24.5. The highest BCUT2D eigenvalue weighted by Gasteiger charge is 2.24. The third-order valence-electron chi connectivity index (χ3n) is 8.11. The Hall–Kier alpha value is -4.18. The maximum atomic E-state index is 13.1. The number of morpholine rings is 1. The molecule has 0 bridgehead atoms. The summed E-state index contributed by atoms with van der Waals surface area (Å²) in [6, 6.07) is 20.3. The molecule has 3 heterocycles. The Kier molecular flexibility index (Phi) is 9.02. The van der Waals surface area contributed by atoms with Gasteiger partial charge in [0.1, 0.15) is 11.4 Å². The van der Waals surface area contributed by atoms with E-state index in [0.29, 0.717) is 30.8 Å². The van der Waals surface area contributed by atoms with E-state index in [0.717, 1.165) is 89.1 Å². The topological polar surface area (TPSA) is 113 Å². The van der Waals surface area contributed by atoms with Crippen LogP contribution in [0.1, 0.15) is 40.8 Å². The molecule has 3 aromatic carbocycles. The van der Waals surface area contributed by atoms with Gasteiger partial charge in [0, 0.05) is 48.0 Å². The smallest absolute Gasteiger partial charge is 0.355 e. The third kappa shape index (κ3) is 6.15. The molecule has 1 aliphatic rings. The van der Waals surface area contributed by atoms with Crippen LogP contribution in [-0.2, 0) is 28.9 Å². The number of hydrogen-bond acceptors (Lipinski definition) is 7. The molecule has 43 heavy (non-hydrogen) atoms. The Bertz CT molecular complexity index is 1700. The molecule has 0 saturated carbocycles. The molecule has 1 fully saturated rings. The van der Waals surface area contributed by atoms with Gasteiger partial charge in [0.25, 0.3) is 0 Å². The van der Waals surface area contributed by atoms with E-state index in [9.17, 15) is 9.90 Å². The fraction of sp³-hybridized carbons (Fsp3) is 0.353. The summed E-state index contributed by atoms with van der Waals surface area (Å²) in [7, 11) is 0. The third-order valence-corrected chi connectivity index (χ3v) is 8.11. The molecule has 1 saturated heterocycles. The van der Waals surface area contributed by atoms with Crippen LogP contribution in [0.2, 0.25) is 0 Å². The molecule has 0 atom stereocenters. The van der Waals surface area contributed by atoms with Crippen LogP contribution in [-0.4, -0.2) is 77.2 Å². The van der Waals surface area contributed by atoms with Crippen molar-refractivity contribution >= 4 is 27.6 Å². The van der Waals surface area contributed by atoms with Crippen molar-refractivity contribution in [2.45, 2.75) is 32.8 Å². The van der Waals surface area contributed by atoms with Crippen molar-refractivity contribution in [1.29, 1.82) is 0 Å². The van der Waals surface area contributed by atoms with Gasteiger partial charge in [0.05, 0.1) is 49.9 Å². The summed E-state index contributed by atoms with van der Waals surface area (Å²) in [6.07, 6.45) is 2.07. The number of aliphatic hydroxyl groups is 1. The highest BCUT2D eigenvalue weighted by molar-refractivity contribution is 6.04. The van der Waals surface area contributed by atoms with Gasteiger partial charge in [-0.3, -0.25) is 10.00 Å². The van der Waals surface area contributed by atoms with Crippen molar-refractivity contribution in [3.05, 3.63) is 83.3 Å². The van der Waals surface area contributed by atoms with E-state index in [1.54, 1.807) is 0 Å². The van der Waals surface area contributed by atoms with E-state index >= 15 is 0 Å². The lowest BCUT2D eigenvalue weighted by atomic mass is 9.97. The standard InChI is InChI=1S/C34H38N4O5/c1-2-42-34(40)33-26(13-7-19-43-30-14-5-9-23-8-3-4-10-24(23)30)25-11-6-12-27(32(25)35-33)31-28(36-37-29(31)22-39)15-16-38-17-20-41-21-18-38/h3-6,8-12,14,35,39H,2,7,13,15-22H2,1H3,(H,36,37). The minimum atomic E-state index is -0.378. The van der Waals surface area contributed by atoms with Crippen LogP contribution in [0.3, 0.4) is 0 Å². The predicted molar refractivity (Wildman–Crippen MR) is 166 cm³/mol. The number of esters is 1. The Morgan fingerprint density at radius 3 is 2.65 bits per heavy atom. The lowest BCUT2D eigenvalue weighted by Crippen LogP contribution is -2.37. The largest absolute Gasteiger partial charge is 0.493 e. The van der Waals surface area contributed by atoms with E-state index in [4.69, 9.17) is 14.2 Å². The number of H-pyrrole nitrogens is 2. The average molecular weight is 583 g/mol. The van der Waals surface area contributed by atoms with Crippen LogP contribution in [0.25, 0.3) is 32.8 Å². The predicted octanol–water partition coefficient (Wildman–Crippen LogP) is 5.27. The number of rotatable bonds is 12. The molecule has 5 aromatic rings. The zero-order chi connectivity index (χ0) is 29.6. The first-order chi connectivity index (χ1) is 21.2. The zero-order valence-corrected chi connectivity index (χ0v) is 24.5. The van der Waals surface area contributed by atoms with Gasteiger partial charge >= 0.3 is 5.97 Å². The number of aromatic nitrogens is 3. The van der Waals surface area contributed by atoms with Gasteiger partial charge in [-0.05, 0) is 36.8 Å². The van der Waals surface area contributed by atoms with Gasteiger partial charge in [-0.2, -0.15) is 5.10 Å². The average Bonchev–Trinajstić information content (AvgIpc) is 3.64. The van der Waals surface area contributed by atoms with Crippen molar-refractivity contribution < 1.29 is 24.1 Å². The number of nitrogens with one attached hydrogen (secondary N) is 2. The minimum Gasteiger partial charge on any atom is -0.493 e. The first kappa shape index (κ1) is 28.9. The molecule has 2 aromatic heterocycles. The fourth-order valence-electron chi connectivity index (χ4n) is 5.99. The van der Waals surface area contributed by atoms with Crippen molar-refractivity contribution in [2.24, 2.45) is 0 Å². The maximum Gasteiger partial charge on any atom is 0.355 e. The SMILES string of the molecule is CCOC(=O)c1[nH]c2c(-c3c(CCN4CCOCC4)n[nH]c3CO)cccc2c1CCCOc1cccc2ccccc12. The Balaban J connectivity index is 1.29. The Labute approximate surface area is 250 Å². The fourth-order valence-corrected chi connectivity index (χ4v) is 5.99. The van der Waals surface area contributed by atoms with Gasteiger partial charge in [-0.25, -0.2) is 4.79 Å². The van der Waals surface area contributed by atoms with E-state index in [1.165, 1.54) is 0 Å². The number of aliphatic hydroxyl groups excluding tert-OH is 1. The van der Waals surface area contributed by atoms with Gasteiger partial charge < -0.3 is 24.3 Å². The lowest BCUT2D eigenvalue weighted by Gasteiger charge is -2.26. The number of hydrogen-bond donors (Lipinski definition) is 3. The number of benzene rings is 3. The molecule has 0 spiro atoms. The lowest BCUT2D eigenvalue weighted by molar-refractivity contribution is 0.0383. The molecule has 0 amide bonds.